The topological polar surface area (TPSA) is 43.9 Å². The Balaban J connectivity index is 1.46. The average Bonchev–Trinajstić information content (AvgIpc) is 3.80. The van der Waals surface area contributed by atoms with Gasteiger partial charge in [-0.25, -0.2) is 9.97 Å². The van der Waals surface area contributed by atoms with Crippen LogP contribution in [0.1, 0.15) is 6.85 Å². The highest BCUT2D eigenvalue weighted by Crippen LogP contribution is 2.47. The van der Waals surface area contributed by atoms with Gasteiger partial charge >= 0.3 is 0 Å². The average molecular weight is 573 g/mol. The van der Waals surface area contributed by atoms with Gasteiger partial charge in [-0.3, -0.25) is 4.57 Å². The fourth-order valence-electron chi connectivity index (χ4n) is 6.55. The second-order valence-electron chi connectivity index (χ2n) is 10.6. The zero-order chi connectivity index (χ0) is 32.4. The SMILES string of the molecule is [2H]c1c([2H])c([2H])c(-c2nc(-n3c4ccccc4c4c5ccccc5c5c6ccccc6sc5c43)nc3c2oc2ccccc23)c([2H])c1[2H]. The van der Waals surface area contributed by atoms with Crippen molar-refractivity contribution >= 4 is 86.2 Å². The van der Waals surface area contributed by atoms with Gasteiger partial charge in [-0.1, -0.05) is 103 Å². The van der Waals surface area contributed by atoms with Crippen molar-refractivity contribution in [2.24, 2.45) is 0 Å². The molecule has 43 heavy (non-hydrogen) atoms. The van der Waals surface area contributed by atoms with Crippen LogP contribution in [0, 0.1) is 0 Å². The second kappa shape index (κ2) is 8.51. The molecule has 0 aliphatic heterocycles. The third-order valence-corrected chi connectivity index (χ3v) is 9.47. The van der Waals surface area contributed by atoms with Crippen molar-refractivity contribution in [3.63, 3.8) is 0 Å². The predicted octanol–water partition coefficient (Wildman–Crippen LogP) is 10.7. The molecule has 0 bridgehead atoms. The molecule has 4 nitrogen and oxygen atoms in total. The highest BCUT2D eigenvalue weighted by Gasteiger charge is 2.24. The van der Waals surface area contributed by atoms with Crippen LogP contribution in [0.4, 0.5) is 0 Å². The van der Waals surface area contributed by atoms with E-state index in [0.717, 1.165) is 48.1 Å². The molecule has 0 aliphatic carbocycles. The van der Waals surface area contributed by atoms with Crippen LogP contribution in [0.25, 0.3) is 92.0 Å². The largest absolute Gasteiger partial charge is 0.452 e. The molecule has 0 saturated heterocycles. The van der Waals surface area contributed by atoms with Crippen molar-refractivity contribution in [3.05, 3.63) is 127 Å². The van der Waals surface area contributed by atoms with Gasteiger partial charge in [0.1, 0.15) is 16.8 Å². The van der Waals surface area contributed by atoms with Gasteiger partial charge in [0, 0.05) is 37.2 Å². The monoisotopic (exact) mass is 572 g/mol. The highest BCUT2D eigenvalue weighted by molar-refractivity contribution is 7.27. The number of fused-ring (bicyclic) bond motifs is 13. The zero-order valence-corrected chi connectivity index (χ0v) is 23.2. The summed E-state index contributed by atoms with van der Waals surface area (Å²) in [5.74, 6) is 0.316. The number of aromatic nitrogens is 3. The lowest BCUT2D eigenvalue weighted by atomic mass is 9.99. The van der Waals surface area contributed by atoms with Crippen LogP contribution < -0.4 is 0 Å². The molecule has 10 rings (SSSR count). The van der Waals surface area contributed by atoms with Crippen molar-refractivity contribution in [1.29, 1.82) is 0 Å². The van der Waals surface area contributed by atoms with E-state index in [2.05, 4.69) is 65.2 Å². The maximum Gasteiger partial charge on any atom is 0.236 e. The number of hydrogen-bond acceptors (Lipinski definition) is 4. The van der Waals surface area contributed by atoms with Gasteiger partial charge in [0.25, 0.3) is 0 Å². The van der Waals surface area contributed by atoms with Crippen LogP contribution in [0.3, 0.4) is 0 Å². The Hall–Kier alpha value is -5.52. The fraction of sp³-hybridized carbons (Fsp3) is 0. The zero-order valence-electron chi connectivity index (χ0n) is 27.4. The molecule has 5 heteroatoms. The van der Waals surface area contributed by atoms with Gasteiger partial charge in [-0.15, -0.1) is 11.3 Å². The Labute approximate surface area is 256 Å². The third kappa shape index (κ3) is 3.09. The number of nitrogens with zero attached hydrogens (tertiary/aromatic N) is 3. The Kier molecular flexibility index (Phi) is 3.72. The second-order valence-corrected chi connectivity index (χ2v) is 11.6. The van der Waals surface area contributed by atoms with Crippen molar-refractivity contribution in [2.75, 3.05) is 0 Å². The maximum absolute atomic E-state index is 8.87. The number of thiophene rings is 1. The normalized spacial score (nSPS) is 13.8. The molecule has 6 aromatic carbocycles. The molecule has 0 N–H and O–H groups in total. The quantitative estimate of drug-likeness (QED) is 0.207. The molecule has 0 fully saturated rings. The lowest BCUT2D eigenvalue weighted by molar-refractivity contribution is 0.666. The molecule has 4 heterocycles. The van der Waals surface area contributed by atoms with Gasteiger partial charge in [-0.2, -0.15) is 0 Å². The molecule has 0 radical (unpaired) electrons. The van der Waals surface area contributed by atoms with E-state index in [1.165, 1.54) is 10.1 Å². The summed E-state index contributed by atoms with van der Waals surface area (Å²) in [5, 5.41) is 7.45. The number of hydrogen-bond donors (Lipinski definition) is 0. The molecule has 4 aromatic heterocycles. The van der Waals surface area contributed by atoms with Crippen molar-refractivity contribution in [1.82, 2.24) is 14.5 Å². The molecule has 0 spiro atoms. The summed E-state index contributed by atoms with van der Waals surface area (Å²) >= 11 is 1.72. The van der Waals surface area contributed by atoms with E-state index in [1.54, 1.807) is 11.3 Å². The fourth-order valence-corrected chi connectivity index (χ4v) is 7.81. The van der Waals surface area contributed by atoms with Crippen LogP contribution in [0.15, 0.2) is 132 Å². The molecule has 0 saturated carbocycles. The molecule has 200 valence electrons. The lowest BCUT2D eigenvalue weighted by Crippen LogP contribution is -2.03. The van der Waals surface area contributed by atoms with Crippen molar-refractivity contribution < 1.29 is 11.3 Å². The molecule has 0 unspecified atom stereocenters. The van der Waals surface area contributed by atoms with Crippen LogP contribution in [-0.2, 0) is 0 Å². The number of rotatable bonds is 2. The molecule has 0 atom stereocenters. The highest BCUT2D eigenvalue weighted by atomic mass is 32.1. The summed E-state index contributed by atoms with van der Waals surface area (Å²) in [6, 6.07) is 30.5. The Morgan fingerprint density at radius 3 is 2.16 bits per heavy atom. The standard InChI is InChI=1S/C38H21N3OS/c1-2-12-22(13-3-1)33-36-34(26-17-7-10-20-29(26)42-36)40-38(39-33)41-28-19-9-6-16-25(28)31-23-14-4-5-15-24(23)32-27-18-8-11-21-30(27)43-37(32)35(31)41/h1-21H/i1D,2D,3D,12D,13D. The maximum atomic E-state index is 8.87. The first kappa shape index (κ1) is 18.8. The van der Waals surface area contributed by atoms with E-state index in [4.69, 9.17) is 21.2 Å². The van der Waals surface area contributed by atoms with Crippen LogP contribution in [-0.4, -0.2) is 14.5 Å². The summed E-state index contributed by atoms with van der Waals surface area (Å²) in [7, 11) is 0. The van der Waals surface area contributed by atoms with Crippen LogP contribution in [0.2, 0.25) is 0 Å². The van der Waals surface area contributed by atoms with Gasteiger partial charge in [0.2, 0.25) is 5.95 Å². The Bertz CT molecular complexity index is 3000. The van der Waals surface area contributed by atoms with Crippen LogP contribution in [0.5, 0.6) is 0 Å². The van der Waals surface area contributed by atoms with E-state index in [0.29, 0.717) is 17.0 Å². The van der Waals surface area contributed by atoms with E-state index in [1.807, 2.05) is 36.4 Å². The molecule has 0 amide bonds. The summed E-state index contributed by atoms with van der Waals surface area (Å²) in [5.41, 5.74) is 3.27. The minimum Gasteiger partial charge on any atom is -0.452 e. The first-order valence-electron chi connectivity index (χ1n) is 16.4. The van der Waals surface area contributed by atoms with Gasteiger partial charge in [-0.05, 0) is 35.0 Å². The summed E-state index contributed by atoms with van der Waals surface area (Å²) in [6.45, 7) is 0. The van der Waals surface area contributed by atoms with Gasteiger partial charge in [0.15, 0.2) is 5.58 Å². The molecular formula is C38H21N3OS. The molecule has 10 aromatic rings. The van der Waals surface area contributed by atoms with Crippen LogP contribution >= 0.6 is 11.3 Å². The summed E-state index contributed by atoms with van der Waals surface area (Å²) < 4.78 is 53.5. The minimum absolute atomic E-state index is 0.0352. The smallest absolute Gasteiger partial charge is 0.236 e. The lowest BCUT2D eigenvalue weighted by Gasteiger charge is -2.11. The number of furan rings is 1. The molecular weight excluding hydrogens is 547 g/mol. The van der Waals surface area contributed by atoms with E-state index in [9.17, 15) is 0 Å². The van der Waals surface area contributed by atoms with Crippen molar-refractivity contribution in [3.8, 4) is 17.2 Å². The van der Waals surface area contributed by atoms with Gasteiger partial charge < -0.3 is 4.42 Å². The molecule has 0 aliphatic rings. The Morgan fingerprint density at radius 2 is 1.33 bits per heavy atom. The number of para-hydroxylation sites is 2. The third-order valence-electron chi connectivity index (χ3n) is 8.30. The summed E-state index contributed by atoms with van der Waals surface area (Å²) in [6.07, 6.45) is 0. The van der Waals surface area contributed by atoms with E-state index in [-0.39, 0.29) is 28.9 Å². The first-order chi connectivity index (χ1) is 23.4. The first-order valence-corrected chi connectivity index (χ1v) is 14.8. The number of benzene rings is 6. The van der Waals surface area contributed by atoms with Gasteiger partial charge in [0.05, 0.1) is 22.6 Å². The minimum atomic E-state index is -0.467. The summed E-state index contributed by atoms with van der Waals surface area (Å²) in [4.78, 5) is 10.2. The van der Waals surface area contributed by atoms with E-state index >= 15 is 0 Å². The Morgan fingerprint density at radius 1 is 0.651 bits per heavy atom. The van der Waals surface area contributed by atoms with E-state index < -0.39 is 18.1 Å². The predicted molar refractivity (Wildman–Crippen MR) is 179 cm³/mol. The van der Waals surface area contributed by atoms with Crippen molar-refractivity contribution in [2.45, 2.75) is 0 Å².